The van der Waals surface area contributed by atoms with Gasteiger partial charge in [-0.2, -0.15) is 0 Å². The molecule has 19 N–H and O–H groups in total. The summed E-state index contributed by atoms with van der Waals surface area (Å²) in [6.07, 6.45) is 7.00. The van der Waals surface area contributed by atoms with Crippen molar-refractivity contribution in [1.29, 1.82) is 0 Å². The Morgan fingerprint density at radius 3 is 1.53 bits per heavy atom. The molecule has 3 aromatic heterocycles. The first-order chi connectivity index (χ1) is 34.7. The van der Waals surface area contributed by atoms with Crippen LogP contribution in [0.1, 0.15) is 55.2 Å². The number of H-pyrrole nitrogens is 3. The van der Waals surface area contributed by atoms with E-state index in [-0.39, 0.29) is 76.5 Å². The number of guanidine groups is 2. The number of rotatable bonds is 24. The Morgan fingerprint density at radius 2 is 1.01 bits per heavy atom. The Labute approximate surface area is 414 Å². The van der Waals surface area contributed by atoms with Gasteiger partial charge in [-0.05, 0) is 73.4 Å². The average Bonchev–Trinajstić information content (AvgIpc) is 4.19. The minimum absolute atomic E-state index is 0.00111. The third-order valence-corrected chi connectivity index (χ3v) is 12.9. The second-order valence-corrected chi connectivity index (χ2v) is 18.0. The maximum absolute atomic E-state index is 15.0. The number of carbonyl (C=O) groups is 6. The van der Waals surface area contributed by atoms with Crippen LogP contribution >= 0.6 is 0 Å². The van der Waals surface area contributed by atoms with Gasteiger partial charge in [0.2, 0.25) is 35.4 Å². The van der Waals surface area contributed by atoms with Gasteiger partial charge < -0.3 is 75.5 Å². The molecular formula is C50H64N16O6. The van der Waals surface area contributed by atoms with Crippen molar-refractivity contribution in [2.75, 3.05) is 19.6 Å². The van der Waals surface area contributed by atoms with Crippen LogP contribution in [0.5, 0.6) is 0 Å². The molecule has 0 bridgehead atoms. The maximum Gasteiger partial charge on any atom is 0.246 e. The fourth-order valence-electron chi connectivity index (χ4n) is 9.21. The fourth-order valence-corrected chi connectivity index (χ4v) is 9.21. The van der Waals surface area contributed by atoms with Gasteiger partial charge in [0.15, 0.2) is 11.9 Å². The van der Waals surface area contributed by atoms with E-state index in [1.807, 2.05) is 72.8 Å². The fraction of sp³-hybridized carbons (Fsp3) is 0.360. The number of para-hydroxylation sites is 3. The number of aromatic nitrogens is 3. The molecule has 7 rings (SSSR count). The first-order valence-electron chi connectivity index (χ1n) is 24.0. The lowest BCUT2D eigenvalue weighted by Crippen LogP contribution is -2.60. The number of nitrogens with one attached hydrogen (secondary N) is 7. The molecule has 1 aliphatic heterocycles. The molecule has 0 spiro atoms. The zero-order valence-corrected chi connectivity index (χ0v) is 39.9. The normalized spacial score (nSPS) is 15.5. The molecular weight excluding hydrogens is 921 g/mol. The predicted octanol–water partition coefficient (Wildman–Crippen LogP) is 0.00840. The monoisotopic (exact) mass is 985 g/mol. The Kier molecular flexibility index (Phi) is 17.1. The van der Waals surface area contributed by atoms with Crippen LogP contribution in [-0.2, 0) is 48.0 Å². The molecule has 72 heavy (non-hydrogen) atoms. The number of benzene rings is 3. The van der Waals surface area contributed by atoms with Crippen LogP contribution in [0.2, 0.25) is 0 Å². The van der Waals surface area contributed by atoms with E-state index in [4.69, 9.17) is 34.4 Å². The van der Waals surface area contributed by atoms with Gasteiger partial charge in [-0.3, -0.25) is 38.8 Å². The number of nitrogens with zero attached hydrogens (tertiary/aromatic N) is 3. The van der Waals surface area contributed by atoms with Gasteiger partial charge in [0.1, 0.15) is 30.2 Å². The van der Waals surface area contributed by atoms with Crippen LogP contribution in [0.25, 0.3) is 32.7 Å². The highest BCUT2D eigenvalue weighted by molar-refractivity contribution is 5.98. The summed E-state index contributed by atoms with van der Waals surface area (Å²) in [6, 6.07) is 15.7. The molecule has 22 nitrogen and oxygen atoms in total. The third-order valence-electron chi connectivity index (χ3n) is 12.9. The highest BCUT2D eigenvalue weighted by Gasteiger charge is 2.40. The molecule has 0 aliphatic carbocycles. The molecule has 6 aromatic rings. The Balaban J connectivity index is 1.14. The summed E-state index contributed by atoms with van der Waals surface area (Å²) in [5, 5.41) is 13.9. The Bertz CT molecular complexity index is 2950. The lowest BCUT2D eigenvalue weighted by molar-refractivity contribution is -0.142. The molecule has 6 atom stereocenters. The first-order valence-corrected chi connectivity index (χ1v) is 24.0. The van der Waals surface area contributed by atoms with Crippen LogP contribution in [-0.4, -0.2) is 123 Å². The summed E-state index contributed by atoms with van der Waals surface area (Å²) >= 11 is 0. The Morgan fingerprint density at radius 1 is 0.569 bits per heavy atom. The van der Waals surface area contributed by atoms with E-state index in [0.717, 1.165) is 43.8 Å². The van der Waals surface area contributed by atoms with Crippen molar-refractivity contribution < 1.29 is 28.8 Å². The maximum atomic E-state index is 15.0. The van der Waals surface area contributed by atoms with Gasteiger partial charge >= 0.3 is 0 Å². The van der Waals surface area contributed by atoms with Crippen molar-refractivity contribution in [1.82, 2.24) is 41.1 Å². The SMILES string of the molecule is NC(=O)[C@H](Cc1c[nH]c2ccccc12)NC(=O)[C@@H]1CCCN1C(=O)[C@H](Cc1c[nH]c2ccccc12)NC(=O)[C@H](CCCN=C(N)N)NC(=O)[C@H](Cc1c[nH]c2ccccc12)NC(=O)[C@@H](N)CCCN=C(N)N. The van der Waals surface area contributed by atoms with Crippen LogP contribution in [0, 0.1) is 0 Å². The quantitative estimate of drug-likeness (QED) is 0.0218. The number of hydrogen-bond donors (Lipinski definition) is 13. The molecule has 1 fully saturated rings. The molecule has 3 aromatic carbocycles. The predicted molar refractivity (Wildman–Crippen MR) is 275 cm³/mol. The molecule has 4 heterocycles. The summed E-state index contributed by atoms with van der Waals surface area (Å²) in [5.74, 6) is -4.14. The van der Waals surface area contributed by atoms with Crippen molar-refractivity contribution >= 4 is 80.1 Å². The van der Waals surface area contributed by atoms with Crippen LogP contribution in [0.4, 0.5) is 0 Å². The smallest absolute Gasteiger partial charge is 0.246 e. The molecule has 22 heteroatoms. The van der Waals surface area contributed by atoms with Gasteiger partial charge in [0.25, 0.3) is 0 Å². The lowest BCUT2D eigenvalue weighted by atomic mass is 10.0. The van der Waals surface area contributed by atoms with E-state index < -0.39 is 71.7 Å². The van der Waals surface area contributed by atoms with Gasteiger partial charge in [-0.25, -0.2) is 0 Å². The number of likely N-dealkylation sites (tertiary alicyclic amines) is 1. The second kappa shape index (κ2) is 23.9. The van der Waals surface area contributed by atoms with E-state index >= 15 is 0 Å². The summed E-state index contributed by atoms with van der Waals surface area (Å²) < 4.78 is 0. The van der Waals surface area contributed by atoms with Crippen molar-refractivity contribution in [2.45, 2.75) is 94.0 Å². The van der Waals surface area contributed by atoms with Gasteiger partial charge in [0.05, 0.1) is 6.04 Å². The number of hydrogen-bond acceptors (Lipinski definition) is 9. The zero-order valence-electron chi connectivity index (χ0n) is 39.9. The lowest BCUT2D eigenvalue weighted by Gasteiger charge is -2.31. The molecule has 6 amide bonds. The van der Waals surface area contributed by atoms with E-state index in [9.17, 15) is 28.8 Å². The van der Waals surface area contributed by atoms with Gasteiger partial charge in [-0.1, -0.05) is 54.6 Å². The molecule has 0 saturated carbocycles. The average molecular weight is 985 g/mol. The highest BCUT2D eigenvalue weighted by Crippen LogP contribution is 2.25. The second-order valence-electron chi connectivity index (χ2n) is 18.0. The third kappa shape index (κ3) is 13.1. The van der Waals surface area contributed by atoms with E-state index in [0.29, 0.717) is 18.4 Å². The summed E-state index contributed by atoms with van der Waals surface area (Å²) in [4.78, 5) is 104. The van der Waals surface area contributed by atoms with Gasteiger partial charge in [-0.15, -0.1) is 0 Å². The van der Waals surface area contributed by atoms with Crippen molar-refractivity contribution in [3.8, 4) is 0 Å². The first kappa shape index (κ1) is 51.5. The van der Waals surface area contributed by atoms with E-state index in [1.54, 1.807) is 18.6 Å². The van der Waals surface area contributed by atoms with Gasteiger partial charge in [0, 0.05) is 90.2 Å². The minimum atomic E-state index is -1.28. The Hall–Kier alpha value is -8.40. The van der Waals surface area contributed by atoms with Crippen LogP contribution in [0.3, 0.4) is 0 Å². The minimum Gasteiger partial charge on any atom is -0.370 e. The standard InChI is InChI=1S/C50H64N16O6/c51-34(13-7-19-57-49(53)54)44(68)64-40(23-29-26-60-36-15-5-2-11-32(29)36)46(70)62-38(17-8-20-58-50(55)56)45(69)65-41(24-30-27-61-37-16-6-3-12-33(30)37)48(72)66-21-9-18-42(66)47(71)63-39(43(52)67)22-28-25-59-35-14-4-1-10-31(28)35/h1-6,10-12,14-16,25-27,34,38-42,59-61H,7-9,13,17-24,51H2,(H2,52,67)(H,62,70)(H,63,71)(H,64,68)(H,65,69)(H4,53,54,57)(H4,55,56,58)/t34-,38-,39-,40-,41-,42-/m0/s1. The number of primary amides is 1. The number of aliphatic imine (C=N–C) groups is 2. The zero-order chi connectivity index (χ0) is 51.3. The van der Waals surface area contributed by atoms with E-state index in [1.165, 1.54) is 4.90 Å². The topological polar surface area (TPSA) is 382 Å². The number of nitrogens with two attached hydrogens (primary N) is 6. The van der Waals surface area contributed by atoms with Crippen LogP contribution in [0.15, 0.2) is 101 Å². The molecule has 0 radical (unpaired) electrons. The highest BCUT2D eigenvalue weighted by atomic mass is 16.2. The molecule has 0 unspecified atom stereocenters. The van der Waals surface area contributed by atoms with Crippen molar-refractivity contribution in [3.05, 3.63) is 108 Å². The van der Waals surface area contributed by atoms with Crippen molar-refractivity contribution in [3.63, 3.8) is 0 Å². The number of fused-ring (bicyclic) bond motifs is 3. The van der Waals surface area contributed by atoms with Crippen LogP contribution < -0.4 is 55.7 Å². The van der Waals surface area contributed by atoms with E-state index in [2.05, 4.69) is 46.2 Å². The summed E-state index contributed by atoms with van der Waals surface area (Å²) in [5.41, 5.74) is 38.9. The number of carbonyl (C=O) groups excluding carboxylic acids is 6. The molecule has 1 aliphatic rings. The molecule has 380 valence electrons. The summed E-state index contributed by atoms with van der Waals surface area (Å²) in [6.45, 7) is 0.545. The largest absolute Gasteiger partial charge is 0.370 e. The number of amides is 6. The molecule has 1 saturated heterocycles. The summed E-state index contributed by atoms with van der Waals surface area (Å²) in [7, 11) is 0. The van der Waals surface area contributed by atoms with Crippen molar-refractivity contribution in [2.24, 2.45) is 44.4 Å². The number of aromatic amines is 3.